The van der Waals surface area contributed by atoms with E-state index in [2.05, 4.69) is 46.5 Å². The molecule has 0 saturated carbocycles. The first-order valence-corrected chi connectivity index (χ1v) is 7.52. The zero-order chi connectivity index (χ0) is 14.7. The molecule has 1 fully saturated rings. The fourth-order valence-electron chi connectivity index (χ4n) is 2.81. The quantitative estimate of drug-likeness (QED) is 0.936. The summed E-state index contributed by atoms with van der Waals surface area (Å²) < 4.78 is 5.23. The predicted molar refractivity (Wildman–Crippen MR) is 83.2 cm³/mol. The van der Waals surface area contributed by atoms with Crippen LogP contribution in [-0.4, -0.2) is 41.8 Å². The van der Waals surface area contributed by atoms with Gasteiger partial charge < -0.3 is 14.6 Å². The van der Waals surface area contributed by atoms with E-state index in [0.29, 0.717) is 5.89 Å². The van der Waals surface area contributed by atoms with Gasteiger partial charge in [0.2, 0.25) is 12.3 Å². The summed E-state index contributed by atoms with van der Waals surface area (Å²) in [6, 6.07) is 6.21. The highest BCUT2D eigenvalue weighted by Crippen LogP contribution is 2.24. The van der Waals surface area contributed by atoms with Crippen molar-refractivity contribution in [1.82, 2.24) is 15.1 Å². The Bertz CT molecular complexity index is 574. The van der Waals surface area contributed by atoms with Gasteiger partial charge in [0.15, 0.2) is 0 Å². The third-order valence-electron chi connectivity index (χ3n) is 4.25. The van der Waals surface area contributed by atoms with E-state index in [9.17, 15) is 0 Å². The van der Waals surface area contributed by atoms with Crippen molar-refractivity contribution in [2.75, 3.05) is 32.0 Å². The molecule has 1 aliphatic rings. The summed E-state index contributed by atoms with van der Waals surface area (Å²) in [6.45, 7) is 5.58. The molecule has 0 radical (unpaired) electrons. The van der Waals surface area contributed by atoms with Crippen molar-refractivity contribution in [2.45, 2.75) is 19.8 Å². The van der Waals surface area contributed by atoms with Crippen LogP contribution in [0.2, 0.25) is 0 Å². The molecule has 3 rings (SSSR count). The summed E-state index contributed by atoms with van der Waals surface area (Å²) in [5, 5.41) is 11.2. The fraction of sp³-hybridized carbons (Fsp3) is 0.500. The summed E-state index contributed by atoms with van der Waals surface area (Å²) in [5.74, 6) is 1.34. The lowest BCUT2D eigenvalue weighted by Gasteiger charge is -2.29. The third-order valence-corrected chi connectivity index (χ3v) is 4.25. The molecular formula is C16H22N4O. The number of piperidine rings is 1. The Kier molecular flexibility index (Phi) is 4.20. The highest BCUT2D eigenvalue weighted by molar-refractivity contribution is 5.62. The third kappa shape index (κ3) is 3.42. The van der Waals surface area contributed by atoms with E-state index in [-0.39, 0.29) is 0 Å². The summed E-state index contributed by atoms with van der Waals surface area (Å²) in [7, 11) is 2.20. The number of aryl methyl sites for hydroxylation is 1. The van der Waals surface area contributed by atoms with E-state index in [1.54, 1.807) is 0 Å². The molecule has 0 atom stereocenters. The Balaban J connectivity index is 1.61. The SMILES string of the molecule is Cc1cc(-c2nnco2)ccc1NCC1CCN(C)CC1. The number of nitrogens with zero attached hydrogens (tertiary/aromatic N) is 3. The molecule has 0 bridgehead atoms. The van der Waals surface area contributed by atoms with E-state index in [4.69, 9.17) is 4.42 Å². The highest BCUT2D eigenvalue weighted by atomic mass is 16.4. The first-order chi connectivity index (χ1) is 10.2. The van der Waals surface area contributed by atoms with Gasteiger partial charge in [0.05, 0.1) is 0 Å². The lowest BCUT2D eigenvalue weighted by molar-refractivity contribution is 0.226. The van der Waals surface area contributed by atoms with E-state index >= 15 is 0 Å². The molecule has 5 nitrogen and oxygen atoms in total. The van der Waals surface area contributed by atoms with E-state index in [0.717, 1.165) is 18.0 Å². The number of anilines is 1. The minimum Gasteiger partial charge on any atom is -0.423 e. The van der Waals surface area contributed by atoms with Crippen molar-refractivity contribution in [3.8, 4) is 11.5 Å². The number of hydrogen-bond donors (Lipinski definition) is 1. The van der Waals surface area contributed by atoms with Crippen LogP contribution in [0.4, 0.5) is 5.69 Å². The van der Waals surface area contributed by atoms with Crippen LogP contribution < -0.4 is 5.32 Å². The molecule has 112 valence electrons. The summed E-state index contributed by atoms with van der Waals surface area (Å²) >= 11 is 0. The molecule has 21 heavy (non-hydrogen) atoms. The molecule has 0 aliphatic carbocycles. The average Bonchev–Trinajstić information content (AvgIpc) is 3.02. The molecule has 1 saturated heterocycles. The molecule has 1 N–H and O–H groups in total. The largest absolute Gasteiger partial charge is 0.423 e. The van der Waals surface area contributed by atoms with Crippen LogP contribution >= 0.6 is 0 Å². The molecular weight excluding hydrogens is 264 g/mol. The van der Waals surface area contributed by atoms with Gasteiger partial charge in [0, 0.05) is 17.8 Å². The number of nitrogens with one attached hydrogen (secondary N) is 1. The molecule has 0 spiro atoms. The van der Waals surface area contributed by atoms with Gasteiger partial charge in [-0.1, -0.05) is 0 Å². The minimum absolute atomic E-state index is 0.569. The first kappa shape index (κ1) is 14.1. The molecule has 2 aromatic rings. The molecule has 0 unspecified atom stereocenters. The van der Waals surface area contributed by atoms with Crippen molar-refractivity contribution in [2.24, 2.45) is 5.92 Å². The van der Waals surface area contributed by atoms with Crippen molar-refractivity contribution < 1.29 is 4.42 Å². The van der Waals surface area contributed by atoms with Crippen LogP contribution in [0.15, 0.2) is 29.0 Å². The second kappa shape index (κ2) is 6.26. The van der Waals surface area contributed by atoms with Crippen molar-refractivity contribution in [3.05, 3.63) is 30.2 Å². The summed E-state index contributed by atoms with van der Waals surface area (Å²) in [5.41, 5.74) is 3.37. The monoisotopic (exact) mass is 286 g/mol. The molecule has 1 aliphatic heterocycles. The van der Waals surface area contributed by atoms with Gasteiger partial charge in [-0.3, -0.25) is 0 Å². The number of hydrogen-bond acceptors (Lipinski definition) is 5. The number of likely N-dealkylation sites (tertiary alicyclic amines) is 1. The van der Waals surface area contributed by atoms with Crippen LogP contribution in [0.3, 0.4) is 0 Å². The fourth-order valence-corrected chi connectivity index (χ4v) is 2.81. The lowest BCUT2D eigenvalue weighted by atomic mass is 9.97. The Hall–Kier alpha value is -1.88. The Labute approximate surface area is 125 Å². The zero-order valence-corrected chi connectivity index (χ0v) is 12.7. The predicted octanol–water partition coefficient (Wildman–Crippen LogP) is 2.80. The highest BCUT2D eigenvalue weighted by Gasteiger charge is 2.16. The van der Waals surface area contributed by atoms with Crippen molar-refractivity contribution in [3.63, 3.8) is 0 Å². The first-order valence-electron chi connectivity index (χ1n) is 7.52. The zero-order valence-electron chi connectivity index (χ0n) is 12.7. The Morgan fingerprint density at radius 2 is 2.14 bits per heavy atom. The number of aromatic nitrogens is 2. The van der Waals surface area contributed by atoms with Crippen molar-refractivity contribution in [1.29, 1.82) is 0 Å². The summed E-state index contributed by atoms with van der Waals surface area (Å²) in [6.07, 6.45) is 3.92. The molecule has 1 aromatic carbocycles. The topological polar surface area (TPSA) is 54.2 Å². The Morgan fingerprint density at radius 3 is 2.81 bits per heavy atom. The van der Waals surface area contributed by atoms with Crippen molar-refractivity contribution >= 4 is 5.69 Å². The van der Waals surface area contributed by atoms with Gasteiger partial charge in [-0.2, -0.15) is 0 Å². The average molecular weight is 286 g/mol. The van der Waals surface area contributed by atoms with Gasteiger partial charge in [0.25, 0.3) is 0 Å². The van der Waals surface area contributed by atoms with E-state index < -0.39 is 0 Å². The molecule has 0 amide bonds. The standard InChI is InChI=1S/C16H22N4O/c1-12-9-14(16-19-18-11-21-16)3-4-15(12)17-10-13-5-7-20(2)8-6-13/h3-4,9,11,13,17H,5-8,10H2,1-2H3. The molecule has 1 aromatic heterocycles. The summed E-state index contributed by atoms with van der Waals surface area (Å²) in [4.78, 5) is 2.40. The van der Waals surface area contributed by atoms with Gasteiger partial charge in [0.1, 0.15) is 0 Å². The lowest BCUT2D eigenvalue weighted by Crippen LogP contribution is -2.33. The number of benzene rings is 1. The second-order valence-corrected chi connectivity index (χ2v) is 5.90. The normalized spacial score (nSPS) is 17.0. The van der Waals surface area contributed by atoms with Gasteiger partial charge in [-0.05, 0) is 69.6 Å². The van der Waals surface area contributed by atoms with Gasteiger partial charge in [-0.15, -0.1) is 10.2 Å². The van der Waals surface area contributed by atoms with Crippen LogP contribution in [0.25, 0.3) is 11.5 Å². The van der Waals surface area contributed by atoms with Crippen LogP contribution in [0, 0.1) is 12.8 Å². The maximum atomic E-state index is 5.23. The van der Waals surface area contributed by atoms with Gasteiger partial charge in [-0.25, -0.2) is 0 Å². The number of rotatable bonds is 4. The van der Waals surface area contributed by atoms with Crippen LogP contribution in [0.5, 0.6) is 0 Å². The smallest absolute Gasteiger partial charge is 0.247 e. The van der Waals surface area contributed by atoms with Crippen LogP contribution in [-0.2, 0) is 0 Å². The maximum absolute atomic E-state index is 5.23. The minimum atomic E-state index is 0.569. The maximum Gasteiger partial charge on any atom is 0.247 e. The second-order valence-electron chi connectivity index (χ2n) is 5.90. The van der Waals surface area contributed by atoms with E-state index in [1.165, 1.54) is 43.6 Å². The molecule has 2 heterocycles. The molecule has 5 heteroatoms. The van der Waals surface area contributed by atoms with E-state index in [1.807, 2.05) is 6.07 Å². The Morgan fingerprint density at radius 1 is 1.33 bits per heavy atom. The van der Waals surface area contributed by atoms with Crippen LogP contribution in [0.1, 0.15) is 18.4 Å². The van der Waals surface area contributed by atoms with Gasteiger partial charge >= 0.3 is 0 Å².